The van der Waals surface area contributed by atoms with Crippen molar-refractivity contribution in [2.45, 2.75) is 24.8 Å². The summed E-state index contributed by atoms with van der Waals surface area (Å²) in [6, 6.07) is 7.22. The Hall–Kier alpha value is -2.53. The minimum Gasteiger partial charge on any atom is -0.379 e. The van der Waals surface area contributed by atoms with Crippen molar-refractivity contribution >= 4 is 39.1 Å². The van der Waals surface area contributed by atoms with E-state index in [4.69, 9.17) is 16.3 Å². The van der Waals surface area contributed by atoms with Crippen LogP contribution >= 0.6 is 11.6 Å². The van der Waals surface area contributed by atoms with Crippen LogP contribution in [-0.4, -0.2) is 56.9 Å². The second kappa shape index (κ2) is 9.95. The van der Waals surface area contributed by atoms with E-state index < -0.39 is 27.3 Å². The molecule has 1 fully saturated rings. The molecular weight excluding hydrogens is 461 g/mol. The van der Waals surface area contributed by atoms with E-state index in [2.05, 4.69) is 10.6 Å². The molecule has 2 amide bonds. The fourth-order valence-electron chi connectivity index (χ4n) is 3.07. The van der Waals surface area contributed by atoms with Crippen molar-refractivity contribution in [2.24, 2.45) is 0 Å². The number of carbonyl (C=O) groups is 2. The Morgan fingerprint density at radius 1 is 1.09 bits per heavy atom. The normalized spacial score (nSPS) is 14.9. The van der Waals surface area contributed by atoms with E-state index in [0.717, 1.165) is 18.2 Å². The highest BCUT2D eigenvalue weighted by molar-refractivity contribution is 7.89. The Kier molecular flexibility index (Phi) is 7.50. The zero-order valence-corrected chi connectivity index (χ0v) is 19.1. The molecule has 0 atom stereocenters. The van der Waals surface area contributed by atoms with Gasteiger partial charge in [0.05, 0.1) is 34.4 Å². The summed E-state index contributed by atoms with van der Waals surface area (Å²) in [4.78, 5) is 24.8. The lowest BCUT2D eigenvalue weighted by Crippen LogP contribution is -2.40. The molecule has 2 aromatic rings. The van der Waals surface area contributed by atoms with Gasteiger partial charge in [-0.15, -0.1) is 0 Å². The number of hydrogen-bond acceptors (Lipinski definition) is 5. The lowest BCUT2D eigenvalue weighted by molar-refractivity contribution is 0.0730. The van der Waals surface area contributed by atoms with Gasteiger partial charge in [-0.25, -0.2) is 12.8 Å². The zero-order chi connectivity index (χ0) is 23.5. The van der Waals surface area contributed by atoms with Gasteiger partial charge >= 0.3 is 0 Å². The van der Waals surface area contributed by atoms with Crippen LogP contribution in [0, 0.1) is 5.82 Å². The number of carbonyl (C=O) groups excluding carboxylic acids is 2. The van der Waals surface area contributed by atoms with Crippen LogP contribution in [0.2, 0.25) is 5.02 Å². The second-order valence-electron chi connectivity index (χ2n) is 7.44. The molecule has 0 radical (unpaired) electrons. The first-order valence-corrected chi connectivity index (χ1v) is 11.7. The smallest absolute Gasteiger partial charge is 0.258 e. The molecule has 1 aliphatic heterocycles. The number of nitrogens with one attached hydrogen (secondary N) is 2. The quantitative estimate of drug-likeness (QED) is 0.657. The average molecular weight is 484 g/mol. The monoisotopic (exact) mass is 483 g/mol. The summed E-state index contributed by atoms with van der Waals surface area (Å²) in [6.07, 6.45) is 0. The molecule has 1 aliphatic rings. The van der Waals surface area contributed by atoms with Crippen LogP contribution in [0.5, 0.6) is 0 Å². The van der Waals surface area contributed by atoms with E-state index in [1.54, 1.807) is 13.8 Å². The van der Waals surface area contributed by atoms with E-state index in [1.165, 1.54) is 22.5 Å². The van der Waals surface area contributed by atoms with Crippen LogP contribution in [0.15, 0.2) is 41.3 Å². The maximum Gasteiger partial charge on any atom is 0.258 e. The van der Waals surface area contributed by atoms with Crippen molar-refractivity contribution in [1.82, 2.24) is 9.62 Å². The van der Waals surface area contributed by atoms with E-state index >= 15 is 0 Å². The molecule has 0 aliphatic carbocycles. The molecule has 0 bridgehead atoms. The number of anilines is 1. The molecule has 3 rings (SSSR count). The van der Waals surface area contributed by atoms with Crippen LogP contribution < -0.4 is 10.6 Å². The average Bonchev–Trinajstić information content (AvgIpc) is 2.75. The van der Waals surface area contributed by atoms with Gasteiger partial charge in [-0.3, -0.25) is 9.59 Å². The fourth-order valence-corrected chi connectivity index (χ4v) is 4.67. The highest BCUT2D eigenvalue weighted by Gasteiger charge is 2.28. The summed E-state index contributed by atoms with van der Waals surface area (Å²) in [5.41, 5.74) is -0.121. The number of halogens is 2. The van der Waals surface area contributed by atoms with Crippen LogP contribution in [0.4, 0.5) is 10.1 Å². The zero-order valence-electron chi connectivity index (χ0n) is 17.5. The number of hydrogen-bond donors (Lipinski definition) is 2. The molecule has 2 N–H and O–H groups in total. The first-order chi connectivity index (χ1) is 15.1. The SMILES string of the molecule is CC(C)NC(=O)c1ccc(Cl)c(NC(=O)c2cc(S(=O)(=O)N3CCOCC3)ccc2F)c1. The Balaban J connectivity index is 1.87. The second-order valence-corrected chi connectivity index (χ2v) is 9.78. The molecule has 0 saturated carbocycles. The van der Waals surface area contributed by atoms with E-state index in [9.17, 15) is 22.4 Å². The Labute approximate surface area is 190 Å². The summed E-state index contributed by atoms with van der Waals surface area (Å²) < 4.78 is 46.5. The van der Waals surface area contributed by atoms with Crippen molar-refractivity contribution in [3.63, 3.8) is 0 Å². The molecule has 1 saturated heterocycles. The first-order valence-electron chi connectivity index (χ1n) is 9.89. The third-order valence-electron chi connectivity index (χ3n) is 4.69. The van der Waals surface area contributed by atoms with Gasteiger partial charge in [-0.05, 0) is 50.2 Å². The summed E-state index contributed by atoms with van der Waals surface area (Å²) in [7, 11) is -3.92. The summed E-state index contributed by atoms with van der Waals surface area (Å²) in [5.74, 6) is -2.16. The molecule has 0 aromatic heterocycles. The maximum absolute atomic E-state index is 14.4. The summed E-state index contributed by atoms with van der Waals surface area (Å²) in [5, 5.41) is 5.31. The minimum absolute atomic E-state index is 0.0916. The van der Waals surface area contributed by atoms with Crippen LogP contribution in [0.3, 0.4) is 0 Å². The first kappa shape index (κ1) is 24.1. The van der Waals surface area contributed by atoms with Gasteiger partial charge in [-0.2, -0.15) is 4.31 Å². The number of ether oxygens (including phenoxy) is 1. The molecule has 172 valence electrons. The van der Waals surface area contributed by atoms with Gasteiger partial charge < -0.3 is 15.4 Å². The highest BCUT2D eigenvalue weighted by atomic mass is 35.5. The molecule has 2 aromatic carbocycles. The third kappa shape index (κ3) is 5.44. The van der Waals surface area contributed by atoms with Crippen LogP contribution in [-0.2, 0) is 14.8 Å². The van der Waals surface area contributed by atoms with Gasteiger partial charge in [0.25, 0.3) is 11.8 Å². The largest absolute Gasteiger partial charge is 0.379 e. The molecule has 1 heterocycles. The lowest BCUT2D eigenvalue weighted by atomic mass is 10.1. The van der Waals surface area contributed by atoms with Crippen LogP contribution in [0.25, 0.3) is 0 Å². The molecule has 32 heavy (non-hydrogen) atoms. The number of rotatable bonds is 6. The van der Waals surface area contributed by atoms with E-state index in [0.29, 0.717) is 0 Å². The Morgan fingerprint density at radius 2 is 1.78 bits per heavy atom. The predicted molar refractivity (Wildman–Crippen MR) is 118 cm³/mol. The Morgan fingerprint density at radius 3 is 2.44 bits per heavy atom. The molecule has 0 spiro atoms. The maximum atomic E-state index is 14.4. The van der Waals surface area contributed by atoms with Gasteiger partial charge in [0, 0.05) is 24.7 Å². The molecule has 8 nitrogen and oxygen atoms in total. The third-order valence-corrected chi connectivity index (χ3v) is 6.91. The Bertz CT molecular complexity index is 1130. The molecular formula is C21H23ClFN3O5S. The van der Waals surface area contributed by atoms with Crippen molar-refractivity contribution in [3.05, 3.63) is 58.4 Å². The fraction of sp³-hybridized carbons (Fsp3) is 0.333. The van der Waals surface area contributed by atoms with Gasteiger partial charge in [0.15, 0.2) is 0 Å². The van der Waals surface area contributed by atoms with Gasteiger partial charge in [-0.1, -0.05) is 11.6 Å². The standard InChI is InChI=1S/C21H23ClFN3O5S/c1-13(2)24-20(27)14-3-5-17(22)19(11-14)25-21(28)16-12-15(4-6-18(16)23)32(29,30)26-7-9-31-10-8-26/h3-6,11-13H,7-10H2,1-2H3,(H,24,27)(H,25,28). The molecule has 11 heteroatoms. The minimum atomic E-state index is -3.92. The lowest BCUT2D eigenvalue weighted by Gasteiger charge is -2.26. The number of nitrogens with zero attached hydrogens (tertiary/aromatic N) is 1. The van der Waals surface area contributed by atoms with Gasteiger partial charge in [0.2, 0.25) is 10.0 Å². The number of sulfonamides is 1. The topological polar surface area (TPSA) is 105 Å². The summed E-state index contributed by atoms with van der Waals surface area (Å²) in [6.45, 7) is 4.46. The van der Waals surface area contributed by atoms with E-state index in [-0.39, 0.29) is 59.4 Å². The number of morpholine rings is 1. The van der Waals surface area contributed by atoms with Gasteiger partial charge in [0.1, 0.15) is 5.82 Å². The van der Waals surface area contributed by atoms with Crippen LogP contribution in [0.1, 0.15) is 34.6 Å². The molecule has 0 unspecified atom stereocenters. The number of amides is 2. The number of benzene rings is 2. The van der Waals surface area contributed by atoms with Crippen molar-refractivity contribution in [1.29, 1.82) is 0 Å². The highest BCUT2D eigenvalue weighted by Crippen LogP contribution is 2.25. The predicted octanol–water partition coefficient (Wildman–Crippen LogP) is 2.89. The summed E-state index contributed by atoms with van der Waals surface area (Å²) >= 11 is 6.13. The van der Waals surface area contributed by atoms with Crippen molar-refractivity contribution in [3.8, 4) is 0 Å². The van der Waals surface area contributed by atoms with E-state index in [1.807, 2.05) is 0 Å². The van der Waals surface area contributed by atoms with Crippen molar-refractivity contribution < 1.29 is 27.1 Å². The van der Waals surface area contributed by atoms with Crippen molar-refractivity contribution in [2.75, 3.05) is 31.6 Å².